The summed E-state index contributed by atoms with van der Waals surface area (Å²) < 4.78 is 5.05. The molecule has 0 saturated carbocycles. The number of aliphatic hydroxyl groups is 1. The number of aliphatic hydroxyl groups excluding tert-OH is 1. The normalized spacial score (nSPS) is 10.2. The Morgan fingerprint density at radius 3 is 2.69 bits per heavy atom. The Bertz CT molecular complexity index is 288. The van der Waals surface area contributed by atoms with Gasteiger partial charge < -0.3 is 14.7 Å². The zero-order valence-electron chi connectivity index (χ0n) is 10.0. The molecule has 4 heteroatoms. The van der Waals surface area contributed by atoms with Crippen LogP contribution >= 0.6 is 0 Å². The van der Waals surface area contributed by atoms with Gasteiger partial charge in [0.1, 0.15) is 11.6 Å². The number of nitrogens with zero attached hydrogens (tertiary/aromatic N) is 2. The van der Waals surface area contributed by atoms with Crippen molar-refractivity contribution >= 4 is 5.82 Å². The molecule has 1 N–H and O–H groups in total. The fourth-order valence-corrected chi connectivity index (χ4v) is 1.47. The smallest absolute Gasteiger partial charge is 0.137 e. The van der Waals surface area contributed by atoms with Crippen molar-refractivity contribution in [1.29, 1.82) is 0 Å². The molecule has 0 aliphatic heterocycles. The molecule has 0 saturated heterocycles. The maximum atomic E-state index is 8.67. The number of hydrogen-bond donors (Lipinski definition) is 1. The molecule has 1 aromatic rings. The van der Waals surface area contributed by atoms with Crippen molar-refractivity contribution in [2.24, 2.45) is 0 Å². The highest BCUT2D eigenvalue weighted by molar-refractivity contribution is 5.39. The van der Waals surface area contributed by atoms with E-state index >= 15 is 0 Å². The lowest BCUT2D eigenvalue weighted by atomic mass is 10.2. The zero-order valence-corrected chi connectivity index (χ0v) is 10.0. The molecule has 4 nitrogen and oxygen atoms in total. The van der Waals surface area contributed by atoms with Crippen LogP contribution in [0, 0.1) is 0 Å². The lowest BCUT2D eigenvalue weighted by molar-refractivity contribution is 0.283. The van der Waals surface area contributed by atoms with Crippen molar-refractivity contribution in [3.8, 4) is 5.75 Å². The van der Waals surface area contributed by atoms with Crippen LogP contribution < -0.4 is 9.64 Å². The predicted molar refractivity (Wildman–Crippen MR) is 65.0 cm³/mol. The van der Waals surface area contributed by atoms with Gasteiger partial charge in [-0.2, -0.15) is 0 Å². The van der Waals surface area contributed by atoms with E-state index in [9.17, 15) is 0 Å². The van der Waals surface area contributed by atoms with Gasteiger partial charge in [-0.05, 0) is 31.4 Å². The van der Waals surface area contributed by atoms with Crippen molar-refractivity contribution < 1.29 is 9.84 Å². The first-order valence-corrected chi connectivity index (χ1v) is 5.60. The molecule has 90 valence electrons. The van der Waals surface area contributed by atoms with E-state index < -0.39 is 0 Å². The third-order valence-electron chi connectivity index (χ3n) is 2.50. The molecule has 0 atom stereocenters. The summed E-state index contributed by atoms with van der Waals surface area (Å²) in [5.74, 6) is 1.72. The molecule has 0 spiro atoms. The summed E-state index contributed by atoms with van der Waals surface area (Å²) in [7, 11) is 3.66. The van der Waals surface area contributed by atoms with E-state index in [1.54, 1.807) is 13.3 Å². The van der Waals surface area contributed by atoms with Gasteiger partial charge in [0.15, 0.2) is 0 Å². The van der Waals surface area contributed by atoms with Crippen LogP contribution in [0.25, 0.3) is 0 Å². The fourth-order valence-electron chi connectivity index (χ4n) is 1.47. The number of ether oxygens (including phenoxy) is 1. The highest BCUT2D eigenvalue weighted by atomic mass is 16.5. The second-order valence-electron chi connectivity index (χ2n) is 3.76. The molecule has 0 aliphatic rings. The van der Waals surface area contributed by atoms with Crippen molar-refractivity contribution in [3.63, 3.8) is 0 Å². The standard InChI is InChI=1S/C12H20N2O2/c1-14(8-4-3-5-9-15)12-7-6-11(16-2)10-13-12/h6-7,10,15H,3-5,8-9H2,1-2H3. The van der Waals surface area contributed by atoms with Gasteiger partial charge in [-0.3, -0.25) is 0 Å². The van der Waals surface area contributed by atoms with Gasteiger partial charge in [0, 0.05) is 20.2 Å². The molecule has 0 aromatic carbocycles. The first kappa shape index (κ1) is 12.8. The van der Waals surface area contributed by atoms with Crippen LogP contribution in [0.3, 0.4) is 0 Å². The van der Waals surface area contributed by atoms with E-state index in [1.165, 1.54) is 0 Å². The van der Waals surface area contributed by atoms with Crippen LogP contribution in [0.15, 0.2) is 18.3 Å². The molecule has 0 unspecified atom stereocenters. The number of anilines is 1. The average molecular weight is 224 g/mol. The van der Waals surface area contributed by atoms with Crippen LogP contribution in [-0.4, -0.2) is 37.4 Å². The lowest BCUT2D eigenvalue weighted by Crippen LogP contribution is -2.19. The number of methoxy groups -OCH3 is 1. The molecule has 0 amide bonds. The average Bonchev–Trinajstić information content (AvgIpc) is 2.34. The third kappa shape index (κ3) is 4.06. The summed E-state index contributed by atoms with van der Waals surface area (Å²) in [5, 5.41) is 8.67. The van der Waals surface area contributed by atoms with E-state index in [0.717, 1.165) is 37.4 Å². The third-order valence-corrected chi connectivity index (χ3v) is 2.50. The first-order valence-electron chi connectivity index (χ1n) is 5.60. The molecule has 0 fully saturated rings. The van der Waals surface area contributed by atoms with Gasteiger partial charge >= 0.3 is 0 Å². The number of aromatic nitrogens is 1. The summed E-state index contributed by atoms with van der Waals surface area (Å²) in [6.45, 7) is 1.24. The van der Waals surface area contributed by atoms with Crippen LogP contribution in [0.2, 0.25) is 0 Å². The Morgan fingerprint density at radius 1 is 1.31 bits per heavy atom. The summed E-state index contributed by atoms with van der Waals surface area (Å²) in [5.41, 5.74) is 0. The van der Waals surface area contributed by atoms with Crippen molar-refractivity contribution in [2.75, 3.05) is 32.2 Å². The van der Waals surface area contributed by atoms with Crippen molar-refractivity contribution in [1.82, 2.24) is 4.98 Å². The number of pyridine rings is 1. The monoisotopic (exact) mass is 224 g/mol. The number of unbranched alkanes of at least 4 members (excludes halogenated alkanes) is 2. The first-order chi connectivity index (χ1) is 7.77. The Hall–Kier alpha value is -1.29. The Morgan fingerprint density at radius 2 is 2.12 bits per heavy atom. The van der Waals surface area contributed by atoms with Crippen molar-refractivity contribution in [2.45, 2.75) is 19.3 Å². The van der Waals surface area contributed by atoms with Crippen LogP contribution in [0.1, 0.15) is 19.3 Å². The van der Waals surface area contributed by atoms with Gasteiger partial charge in [-0.25, -0.2) is 4.98 Å². The molecular formula is C12H20N2O2. The highest BCUT2D eigenvalue weighted by Gasteiger charge is 2.01. The topological polar surface area (TPSA) is 45.6 Å². The van der Waals surface area contributed by atoms with Gasteiger partial charge in [0.25, 0.3) is 0 Å². The van der Waals surface area contributed by atoms with E-state index in [-0.39, 0.29) is 6.61 Å². The molecule has 1 rings (SSSR count). The Labute approximate surface area is 96.9 Å². The minimum Gasteiger partial charge on any atom is -0.495 e. The second-order valence-corrected chi connectivity index (χ2v) is 3.76. The quantitative estimate of drug-likeness (QED) is 0.716. The Kier molecular flexibility index (Phi) is 5.64. The molecule has 0 radical (unpaired) electrons. The summed E-state index contributed by atoms with van der Waals surface area (Å²) in [6.07, 6.45) is 4.73. The molecule has 1 heterocycles. The predicted octanol–water partition coefficient (Wildman–Crippen LogP) is 1.69. The van der Waals surface area contributed by atoms with Gasteiger partial charge in [0.2, 0.25) is 0 Å². The minimum atomic E-state index is 0.282. The molecule has 0 bridgehead atoms. The van der Waals surface area contributed by atoms with Crippen LogP contribution in [0.5, 0.6) is 5.75 Å². The highest BCUT2D eigenvalue weighted by Crippen LogP contribution is 2.14. The molecule has 1 aromatic heterocycles. The molecule has 16 heavy (non-hydrogen) atoms. The summed E-state index contributed by atoms with van der Waals surface area (Å²) in [6, 6.07) is 3.86. The summed E-state index contributed by atoms with van der Waals surface area (Å²) >= 11 is 0. The SMILES string of the molecule is COc1ccc(N(C)CCCCCO)nc1. The molecule has 0 aliphatic carbocycles. The van der Waals surface area contributed by atoms with Gasteiger partial charge in [-0.1, -0.05) is 0 Å². The maximum absolute atomic E-state index is 8.67. The van der Waals surface area contributed by atoms with Crippen LogP contribution in [-0.2, 0) is 0 Å². The van der Waals surface area contributed by atoms with E-state index in [0.29, 0.717) is 0 Å². The van der Waals surface area contributed by atoms with Gasteiger partial charge in [-0.15, -0.1) is 0 Å². The largest absolute Gasteiger partial charge is 0.495 e. The van der Waals surface area contributed by atoms with E-state index in [1.807, 2.05) is 19.2 Å². The van der Waals surface area contributed by atoms with E-state index in [4.69, 9.17) is 9.84 Å². The summed E-state index contributed by atoms with van der Waals surface area (Å²) in [4.78, 5) is 6.41. The minimum absolute atomic E-state index is 0.282. The fraction of sp³-hybridized carbons (Fsp3) is 0.583. The maximum Gasteiger partial charge on any atom is 0.137 e. The Balaban J connectivity index is 2.37. The second kappa shape index (κ2) is 7.06. The van der Waals surface area contributed by atoms with Gasteiger partial charge in [0.05, 0.1) is 13.3 Å². The molecular weight excluding hydrogens is 204 g/mol. The number of rotatable bonds is 7. The number of hydrogen-bond acceptors (Lipinski definition) is 4. The lowest BCUT2D eigenvalue weighted by Gasteiger charge is -2.17. The van der Waals surface area contributed by atoms with E-state index in [2.05, 4.69) is 9.88 Å². The zero-order chi connectivity index (χ0) is 11.8. The van der Waals surface area contributed by atoms with Crippen molar-refractivity contribution in [3.05, 3.63) is 18.3 Å². The van der Waals surface area contributed by atoms with Crippen LogP contribution in [0.4, 0.5) is 5.82 Å².